The third-order valence-electron chi connectivity index (χ3n) is 4.35. The molecule has 1 N–H and O–H groups in total. The predicted octanol–water partition coefficient (Wildman–Crippen LogP) is 2.97. The number of piperidine rings is 1. The number of amides is 2. The van der Waals surface area contributed by atoms with Gasteiger partial charge in [0, 0.05) is 38.6 Å². The van der Waals surface area contributed by atoms with Crippen molar-refractivity contribution in [3.63, 3.8) is 0 Å². The minimum Gasteiger partial charge on any atom is -0.376 e. The molecule has 1 aliphatic heterocycles. The molecular formula is C19H26N4O2. The molecule has 2 heterocycles. The van der Waals surface area contributed by atoms with Gasteiger partial charge in [-0.05, 0) is 43.0 Å². The summed E-state index contributed by atoms with van der Waals surface area (Å²) in [6, 6.07) is 9.90. The lowest BCUT2D eigenvalue weighted by Crippen LogP contribution is -2.47. The van der Waals surface area contributed by atoms with Gasteiger partial charge in [-0.1, -0.05) is 19.1 Å². The van der Waals surface area contributed by atoms with Crippen LogP contribution in [0.5, 0.6) is 0 Å². The monoisotopic (exact) mass is 342 g/mol. The number of hydrogen-bond acceptors (Lipinski definition) is 3. The Bertz CT molecular complexity index is 672. The van der Waals surface area contributed by atoms with Crippen molar-refractivity contribution < 1.29 is 9.53 Å². The molecule has 0 bridgehead atoms. The number of nitrogens with one attached hydrogen (secondary N) is 1. The van der Waals surface area contributed by atoms with Crippen LogP contribution in [0.4, 0.5) is 4.79 Å². The number of ether oxygens (including phenoxy) is 1. The van der Waals surface area contributed by atoms with Gasteiger partial charge >= 0.3 is 6.03 Å². The Balaban J connectivity index is 1.53. The Labute approximate surface area is 148 Å². The summed E-state index contributed by atoms with van der Waals surface area (Å²) in [5.41, 5.74) is 2.04. The molecule has 1 aromatic carbocycles. The van der Waals surface area contributed by atoms with Crippen LogP contribution in [0.15, 0.2) is 42.7 Å². The van der Waals surface area contributed by atoms with Crippen LogP contribution in [0.3, 0.4) is 0 Å². The van der Waals surface area contributed by atoms with Crippen LogP contribution in [-0.2, 0) is 11.3 Å². The molecule has 6 heteroatoms. The number of aromatic nitrogens is 2. The average Bonchev–Trinajstić information content (AvgIpc) is 3.20. The maximum absolute atomic E-state index is 12.4. The second-order valence-electron chi connectivity index (χ2n) is 6.36. The number of hydrogen-bond donors (Lipinski definition) is 1. The fraction of sp³-hybridized carbons (Fsp3) is 0.474. The minimum absolute atomic E-state index is 0.0192. The van der Waals surface area contributed by atoms with Crippen LogP contribution in [-0.4, -0.2) is 46.5 Å². The summed E-state index contributed by atoms with van der Waals surface area (Å²) in [5.74, 6) is 0. The molecule has 1 saturated heterocycles. The highest BCUT2D eigenvalue weighted by molar-refractivity contribution is 5.74. The Morgan fingerprint density at radius 1 is 1.40 bits per heavy atom. The number of nitrogens with zero attached hydrogens (tertiary/aromatic N) is 3. The number of likely N-dealkylation sites (tertiary alicyclic amines) is 1. The second-order valence-corrected chi connectivity index (χ2v) is 6.36. The number of carbonyl (C=O) groups is 1. The van der Waals surface area contributed by atoms with E-state index in [0.29, 0.717) is 13.1 Å². The van der Waals surface area contributed by atoms with Crippen molar-refractivity contribution >= 4 is 6.03 Å². The molecule has 0 saturated carbocycles. The molecule has 25 heavy (non-hydrogen) atoms. The first-order valence-electron chi connectivity index (χ1n) is 8.99. The summed E-state index contributed by atoms with van der Waals surface area (Å²) in [7, 11) is 0. The van der Waals surface area contributed by atoms with Crippen LogP contribution in [0.25, 0.3) is 5.69 Å². The zero-order valence-corrected chi connectivity index (χ0v) is 14.7. The van der Waals surface area contributed by atoms with Crippen molar-refractivity contribution in [2.24, 2.45) is 0 Å². The third kappa shape index (κ3) is 4.82. The lowest BCUT2D eigenvalue weighted by atomic mass is 10.1. The summed E-state index contributed by atoms with van der Waals surface area (Å²) in [5, 5.41) is 7.26. The van der Waals surface area contributed by atoms with Crippen molar-refractivity contribution in [3.8, 4) is 5.69 Å². The van der Waals surface area contributed by atoms with E-state index in [4.69, 9.17) is 4.74 Å². The highest BCUT2D eigenvalue weighted by Crippen LogP contribution is 2.14. The van der Waals surface area contributed by atoms with Gasteiger partial charge in [0.1, 0.15) is 0 Å². The highest BCUT2D eigenvalue weighted by atomic mass is 16.5. The Kier molecular flexibility index (Phi) is 6.06. The van der Waals surface area contributed by atoms with Crippen LogP contribution < -0.4 is 5.32 Å². The lowest BCUT2D eigenvalue weighted by molar-refractivity contribution is 0.0100. The normalized spacial score (nSPS) is 17.5. The third-order valence-corrected chi connectivity index (χ3v) is 4.35. The first-order valence-corrected chi connectivity index (χ1v) is 8.99. The molecule has 1 aromatic heterocycles. The maximum Gasteiger partial charge on any atom is 0.317 e. The van der Waals surface area contributed by atoms with Gasteiger partial charge in [-0.2, -0.15) is 5.10 Å². The molecular weight excluding hydrogens is 316 g/mol. The van der Waals surface area contributed by atoms with E-state index < -0.39 is 0 Å². The standard InChI is InChI=1S/C19H26N4O2/c1-2-12-25-18-8-4-10-22(15-18)19(24)20-14-16-6-3-7-17(13-16)23-11-5-9-21-23/h3,5-7,9,11,13,18H,2,4,8,10,12,14-15H2,1H3,(H,20,24). The molecule has 0 spiro atoms. The predicted molar refractivity (Wildman–Crippen MR) is 96.6 cm³/mol. The van der Waals surface area contributed by atoms with E-state index in [1.54, 1.807) is 6.20 Å². The summed E-state index contributed by atoms with van der Waals surface area (Å²) >= 11 is 0. The van der Waals surface area contributed by atoms with Gasteiger partial charge in [0.2, 0.25) is 0 Å². The van der Waals surface area contributed by atoms with Gasteiger partial charge in [0.25, 0.3) is 0 Å². The van der Waals surface area contributed by atoms with E-state index in [1.165, 1.54) is 0 Å². The maximum atomic E-state index is 12.4. The summed E-state index contributed by atoms with van der Waals surface area (Å²) in [6.07, 6.45) is 6.87. The summed E-state index contributed by atoms with van der Waals surface area (Å²) in [6.45, 7) is 4.85. The van der Waals surface area contributed by atoms with E-state index in [1.807, 2.05) is 46.1 Å². The van der Waals surface area contributed by atoms with Crippen molar-refractivity contribution in [1.29, 1.82) is 0 Å². The molecule has 1 fully saturated rings. The van der Waals surface area contributed by atoms with Crippen LogP contribution in [0, 0.1) is 0 Å². The number of rotatable bonds is 6. The molecule has 3 rings (SSSR count). The smallest absolute Gasteiger partial charge is 0.317 e. The van der Waals surface area contributed by atoms with Gasteiger partial charge in [-0.3, -0.25) is 0 Å². The van der Waals surface area contributed by atoms with Crippen LogP contribution in [0.1, 0.15) is 31.7 Å². The summed E-state index contributed by atoms with van der Waals surface area (Å²) in [4.78, 5) is 14.3. The Hall–Kier alpha value is -2.34. The topological polar surface area (TPSA) is 59.4 Å². The largest absolute Gasteiger partial charge is 0.376 e. The Morgan fingerprint density at radius 2 is 2.32 bits per heavy atom. The zero-order valence-electron chi connectivity index (χ0n) is 14.7. The molecule has 0 aliphatic carbocycles. The average molecular weight is 342 g/mol. The fourth-order valence-corrected chi connectivity index (χ4v) is 3.06. The lowest BCUT2D eigenvalue weighted by Gasteiger charge is -2.32. The summed E-state index contributed by atoms with van der Waals surface area (Å²) < 4.78 is 7.61. The number of urea groups is 1. The van der Waals surface area contributed by atoms with Crippen molar-refractivity contribution in [3.05, 3.63) is 48.3 Å². The van der Waals surface area contributed by atoms with Gasteiger partial charge in [-0.15, -0.1) is 0 Å². The van der Waals surface area contributed by atoms with Gasteiger partial charge in [-0.25, -0.2) is 9.48 Å². The first kappa shape index (κ1) is 17.5. The van der Waals surface area contributed by atoms with E-state index in [2.05, 4.69) is 17.3 Å². The van der Waals surface area contributed by atoms with Crippen molar-refractivity contribution in [2.75, 3.05) is 19.7 Å². The van der Waals surface area contributed by atoms with E-state index >= 15 is 0 Å². The van der Waals surface area contributed by atoms with E-state index in [0.717, 1.165) is 43.7 Å². The molecule has 1 unspecified atom stereocenters. The first-order chi connectivity index (χ1) is 12.3. The van der Waals surface area contributed by atoms with Crippen LogP contribution in [0.2, 0.25) is 0 Å². The van der Waals surface area contributed by atoms with E-state index in [9.17, 15) is 4.79 Å². The van der Waals surface area contributed by atoms with E-state index in [-0.39, 0.29) is 12.1 Å². The van der Waals surface area contributed by atoms with Crippen molar-refractivity contribution in [2.45, 2.75) is 38.8 Å². The second kappa shape index (κ2) is 8.67. The zero-order chi connectivity index (χ0) is 17.5. The fourth-order valence-electron chi connectivity index (χ4n) is 3.06. The van der Waals surface area contributed by atoms with Crippen LogP contribution >= 0.6 is 0 Å². The van der Waals surface area contributed by atoms with Gasteiger partial charge in [0.05, 0.1) is 11.8 Å². The molecule has 6 nitrogen and oxygen atoms in total. The molecule has 134 valence electrons. The molecule has 1 atom stereocenters. The molecule has 1 aliphatic rings. The van der Waals surface area contributed by atoms with Crippen molar-refractivity contribution in [1.82, 2.24) is 20.0 Å². The van der Waals surface area contributed by atoms with Gasteiger partial charge < -0.3 is 15.0 Å². The molecule has 2 aromatic rings. The Morgan fingerprint density at radius 3 is 3.12 bits per heavy atom. The number of benzene rings is 1. The SMILES string of the molecule is CCCOC1CCCN(C(=O)NCc2cccc(-n3cccn3)c2)C1. The minimum atomic E-state index is -0.0192. The quantitative estimate of drug-likeness (QED) is 0.878. The van der Waals surface area contributed by atoms with Gasteiger partial charge in [0.15, 0.2) is 0 Å². The molecule has 2 amide bonds. The molecule has 0 radical (unpaired) electrons. The highest BCUT2D eigenvalue weighted by Gasteiger charge is 2.23. The number of carbonyl (C=O) groups excluding carboxylic acids is 1.